The molecule has 3 rings (SSSR count). The van der Waals surface area contributed by atoms with Gasteiger partial charge in [-0.1, -0.05) is 12.1 Å². The number of alkyl halides is 1. The molecule has 1 unspecified atom stereocenters. The highest BCUT2D eigenvalue weighted by Gasteiger charge is 2.18. The van der Waals surface area contributed by atoms with E-state index in [4.69, 9.17) is 11.6 Å². The fraction of sp³-hybridized carbons (Fsp3) is 0.400. The number of hydrogen-bond acceptors (Lipinski definition) is 3. The molecule has 0 spiro atoms. The van der Waals surface area contributed by atoms with E-state index in [1.54, 1.807) is 6.33 Å². The zero-order valence-electron chi connectivity index (χ0n) is 12.4. The lowest BCUT2D eigenvalue weighted by Crippen LogP contribution is -2.11. The van der Waals surface area contributed by atoms with Crippen molar-refractivity contribution in [2.45, 2.75) is 39.2 Å². The van der Waals surface area contributed by atoms with E-state index >= 15 is 0 Å². The summed E-state index contributed by atoms with van der Waals surface area (Å²) in [4.78, 5) is 4.68. The van der Waals surface area contributed by atoms with Crippen LogP contribution in [0.3, 0.4) is 0 Å². The Kier molecular flexibility index (Phi) is 3.68. The Hall–Kier alpha value is -1.88. The first-order valence-corrected chi connectivity index (χ1v) is 7.52. The van der Waals surface area contributed by atoms with Gasteiger partial charge in [0.05, 0.1) is 23.0 Å². The van der Waals surface area contributed by atoms with E-state index in [9.17, 15) is 0 Å². The summed E-state index contributed by atoms with van der Waals surface area (Å²) in [6.07, 6.45) is 1.76. The molecule has 0 amide bonds. The Bertz CT molecular complexity index is 772. The number of fused-ring (bicyclic) bond motifs is 1. The molecule has 2 heterocycles. The minimum atomic E-state index is -0.158. The summed E-state index contributed by atoms with van der Waals surface area (Å²) in [6, 6.07) is 6.13. The van der Waals surface area contributed by atoms with Crippen molar-refractivity contribution in [3.8, 4) is 0 Å². The van der Waals surface area contributed by atoms with Crippen LogP contribution in [-0.2, 0) is 13.1 Å². The molecule has 3 aromatic rings. The molecule has 1 atom stereocenters. The lowest BCUT2D eigenvalue weighted by molar-refractivity contribution is 0.639. The van der Waals surface area contributed by atoms with Gasteiger partial charge in [-0.25, -0.2) is 4.98 Å². The molecule has 0 N–H and O–H groups in total. The van der Waals surface area contributed by atoms with E-state index in [1.807, 2.05) is 23.6 Å². The molecule has 5 nitrogen and oxygen atoms in total. The first kappa shape index (κ1) is 14.1. The summed E-state index contributed by atoms with van der Waals surface area (Å²) in [5, 5.41) is 8.06. The number of nitrogens with zero attached hydrogens (tertiary/aromatic N) is 5. The highest BCUT2D eigenvalue weighted by Crippen LogP contribution is 2.27. The Morgan fingerprint density at radius 2 is 2.14 bits per heavy atom. The van der Waals surface area contributed by atoms with Crippen molar-refractivity contribution in [2.24, 2.45) is 0 Å². The molecule has 0 aliphatic carbocycles. The molecule has 0 aliphatic rings. The van der Waals surface area contributed by atoms with Gasteiger partial charge in [0.15, 0.2) is 5.82 Å². The number of rotatable bonds is 4. The number of imidazole rings is 1. The van der Waals surface area contributed by atoms with Crippen LogP contribution in [0.4, 0.5) is 0 Å². The third kappa shape index (κ3) is 2.42. The first-order chi connectivity index (χ1) is 10.1. The summed E-state index contributed by atoms with van der Waals surface area (Å²) in [5.74, 6) is 1.78. The number of para-hydroxylation sites is 1. The van der Waals surface area contributed by atoms with Crippen LogP contribution < -0.4 is 0 Å². The minimum absolute atomic E-state index is 0.158. The van der Waals surface area contributed by atoms with Gasteiger partial charge in [0.25, 0.3) is 0 Å². The quantitative estimate of drug-likeness (QED) is 0.695. The second kappa shape index (κ2) is 5.48. The molecule has 6 heteroatoms. The number of benzene rings is 1. The van der Waals surface area contributed by atoms with E-state index in [0.717, 1.165) is 29.2 Å². The van der Waals surface area contributed by atoms with E-state index in [1.165, 1.54) is 5.56 Å². The fourth-order valence-corrected chi connectivity index (χ4v) is 2.82. The second-order valence-electron chi connectivity index (χ2n) is 5.15. The molecule has 0 bridgehead atoms. The van der Waals surface area contributed by atoms with E-state index in [2.05, 4.69) is 39.7 Å². The van der Waals surface area contributed by atoms with E-state index < -0.39 is 0 Å². The topological polar surface area (TPSA) is 48.5 Å². The summed E-state index contributed by atoms with van der Waals surface area (Å²) in [6.45, 7) is 7.59. The van der Waals surface area contributed by atoms with Gasteiger partial charge in [0, 0.05) is 6.54 Å². The maximum atomic E-state index is 6.32. The molecular weight excluding hydrogens is 286 g/mol. The van der Waals surface area contributed by atoms with Crippen molar-refractivity contribution >= 4 is 22.6 Å². The summed E-state index contributed by atoms with van der Waals surface area (Å²) in [5.41, 5.74) is 3.27. The Labute approximate surface area is 128 Å². The average Bonchev–Trinajstić information content (AvgIpc) is 3.04. The van der Waals surface area contributed by atoms with Gasteiger partial charge >= 0.3 is 0 Å². The maximum Gasteiger partial charge on any atom is 0.152 e. The van der Waals surface area contributed by atoms with E-state index in [-0.39, 0.29) is 5.38 Å². The van der Waals surface area contributed by atoms with E-state index in [0.29, 0.717) is 6.54 Å². The first-order valence-electron chi connectivity index (χ1n) is 7.08. The van der Waals surface area contributed by atoms with Gasteiger partial charge in [-0.2, -0.15) is 0 Å². The molecule has 21 heavy (non-hydrogen) atoms. The summed E-state index contributed by atoms with van der Waals surface area (Å²) >= 11 is 6.32. The molecule has 1 aromatic carbocycles. The van der Waals surface area contributed by atoms with Crippen molar-refractivity contribution in [1.29, 1.82) is 0 Å². The molecule has 2 aromatic heterocycles. The lowest BCUT2D eigenvalue weighted by Gasteiger charge is -2.11. The van der Waals surface area contributed by atoms with Crippen molar-refractivity contribution in [3.63, 3.8) is 0 Å². The molecule has 0 saturated carbocycles. The normalized spacial score (nSPS) is 13.0. The van der Waals surface area contributed by atoms with Crippen molar-refractivity contribution in [3.05, 3.63) is 41.7 Å². The third-order valence-electron chi connectivity index (χ3n) is 3.69. The third-order valence-corrected chi connectivity index (χ3v) is 3.88. The smallest absolute Gasteiger partial charge is 0.152 e. The standard InChI is InChI=1S/C15H18ClN5/c1-4-20-9-17-19-13(20)8-21-14-10(2)6-5-7-12(14)18-15(21)11(3)16/h5-7,9,11H,4,8H2,1-3H3. The number of aryl methyl sites for hydroxylation is 2. The molecule has 0 aliphatic heterocycles. The van der Waals surface area contributed by atoms with Crippen molar-refractivity contribution < 1.29 is 0 Å². The van der Waals surface area contributed by atoms with Crippen LogP contribution in [0.2, 0.25) is 0 Å². The van der Waals surface area contributed by atoms with Gasteiger partial charge in [-0.15, -0.1) is 21.8 Å². The van der Waals surface area contributed by atoms with Gasteiger partial charge in [-0.05, 0) is 32.4 Å². The molecular formula is C15H18ClN5. The number of aromatic nitrogens is 5. The predicted octanol–water partition coefficient (Wildman–Crippen LogP) is 3.30. The predicted molar refractivity (Wildman–Crippen MR) is 83.5 cm³/mol. The highest BCUT2D eigenvalue weighted by molar-refractivity contribution is 6.20. The fourth-order valence-electron chi connectivity index (χ4n) is 2.65. The van der Waals surface area contributed by atoms with Gasteiger partial charge in [0.1, 0.15) is 12.2 Å². The van der Waals surface area contributed by atoms with Crippen LogP contribution in [-0.4, -0.2) is 24.3 Å². The summed E-state index contributed by atoms with van der Waals surface area (Å²) in [7, 11) is 0. The molecule has 110 valence electrons. The zero-order chi connectivity index (χ0) is 15.0. The van der Waals surface area contributed by atoms with Crippen molar-refractivity contribution in [1.82, 2.24) is 24.3 Å². The minimum Gasteiger partial charge on any atom is -0.319 e. The zero-order valence-corrected chi connectivity index (χ0v) is 13.2. The van der Waals surface area contributed by atoms with Crippen LogP contribution in [0.5, 0.6) is 0 Å². The average molecular weight is 304 g/mol. The summed E-state index contributed by atoms with van der Waals surface area (Å²) < 4.78 is 4.19. The second-order valence-corrected chi connectivity index (χ2v) is 5.80. The van der Waals surface area contributed by atoms with Crippen LogP contribution in [0.1, 0.15) is 36.4 Å². The largest absolute Gasteiger partial charge is 0.319 e. The molecule has 0 fully saturated rings. The van der Waals surface area contributed by atoms with Crippen LogP contribution in [0.15, 0.2) is 24.5 Å². The molecule has 0 saturated heterocycles. The van der Waals surface area contributed by atoms with Crippen LogP contribution >= 0.6 is 11.6 Å². The molecule has 0 radical (unpaired) electrons. The van der Waals surface area contributed by atoms with Gasteiger partial charge < -0.3 is 9.13 Å². The number of hydrogen-bond donors (Lipinski definition) is 0. The van der Waals surface area contributed by atoms with Crippen LogP contribution in [0, 0.1) is 6.92 Å². The SMILES string of the molecule is CCn1cnnc1Cn1c(C(C)Cl)nc2cccc(C)c21. The Morgan fingerprint density at radius 3 is 2.86 bits per heavy atom. The highest BCUT2D eigenvalue weighted by atomic mass is 35.5. The Morgan fingerprint density at radius 1 is 1.33 bits per heavy atom. The maximum absolute atomic E-state index is 6.32. The van der Waals surface area contributed by atoms with Crippen LogP contribution in [0.25, 0.3) is 11.0 Å². The monoisotopic (exact) mass is 303 g/mol. The van der Waals surface area contributed by atoms with Crippen molar-refractivity contribution in [2.75, 3.05) is 0 Å². The number of halogens is 1. The Balaban J connectivity index is 2.18. The van der Waals surface area contributed by atoms with Gasteiger partial charge in [0.2, 0.25) is 0 Å². The van der Waals surface area contributed by atoms with Gasteiger partial charge in [-0.3, -0.25) is 0 Å². The lowest BCUT2D eigenvalue weighted by atomic mass is 10.2.